The molecular formula is C15H19ClN4O4. The molecule has 0 fully saturated rings. The molecule has 0 aliphatic heterocycles. The first kappa shape index (κ1) is 19.3. The lowest BCUT2D eigenvalue weighted by Gasteiger charge is -2.17. The van der Waals surface area contributed by atoms with Gasteiger partial charge in [0.05, 0.1) is 13.3 Å². The molecule has 5 N–H and O–H groups in total. The average molecular weight is 355 g/mol. The number of carbonyl (C=O) groups is 1. The number of anilines is 2. The molecule has 2 aromatic rings. The molecule has 2 rings (SSSR count). The SMILES string of the molecule is COc1cc(C(C)C)c(Oc2cnc(N)nc2N)cc1C(=O)O.Cl. The lowest BCUT2D eigenvalue weighted by atomic mass is 9.99. The number of hydrogen-bond donors (Lipinski definition) is 3. The van der Waals surface area contributed by atoms with Gasteiger partial charge in [-0.25, -0.2) is 9.78 Å². The Kier molecular flexibility index (Phi) is 6.19. The zero-order valence-electron chi connectivity index (χ0n) is 13.4. The molecule has 1 aromatic carbocycles. The Morgan fingerprint density at radius 1 is 1.21 bits per heavy atom. The first-order chi connectivity index (χ1) is 10.8. The fraction of sp³-hybridized carbons (Fsp3) is 0.267. The summed E-state index contributed by atoms with van der Waals surface area (Å²) in [5, 5.41) is 9.31. The van der Waals surface area contributed by atoms with E-state index in [0.717, 1.165) is 5.56 Å². The van der Waals surface area contributed by atoms with Gasteiger partial charge < -0.3 is 26.0 Å². The Hall–Kier alpha value is -2.74. The molecule has 0 atom stereocenters. The maximum Gasteiger partial charge on any atom is 0.339 e. The maximum absolute atomic E-state index is 11.4. The zero-order chi connectivity index (χ0) is 17.1. The Morgan fingerprint density at radius 2 is 1.88 bits per heavy atom. The van der Waals surface area contributed by atoms with E-state index in [2.05, 4.69) is 9.97 Å². The molecule has 9 heteroatoms. The summed E-state index contributed by atoms with van der Waals surface area (Å²) < 4.78 is 10.9. The van der Waals surface area contributed by atoms with E-state index in [4.69, 9.17) is 20.9 Å². The Balaban J connectivity index is 0.00000288. The number of rotatable bonds is 5. The predicted octanol–water partition coefficient (Wildman–Crippen LogP) is 2.69. The smallest absolute Gasteiger partial charge is 0.339 e. The predicted molar refractivity (Wildman–Crippen MR) is 92.2 cm³/mol. The van der Waals surface area contributed by atoms with Crippen LogP contribution < -0.4 is 20.9 Å². The average Bonchev–Trinajstić information content (AvgIpc) is 2.49. The summed E-state index contributed by atoms with van der Waals surface area (Å²) >= 11 is 0. The molecule has 0 unspecified atom stereocenters. The molecule has 0 saturated heterocycles. The van der Waals surface area contributed by atoms with Crippen LogP contribution in [0.1, 0.15) is 35.7 Å². The lowest BCUT2D eigenvalue weighted by Crippen LogP contribution is -2.06. The molecule has 8 nitrogen and oxygen atoms in total. The number of benzene rings is 1. The number of aromatic carboxylic acids is 1. The molecule has 130 valence electrons. The third-order valence-corrected chi connectivity index (χ3v) is 3.21. The largest absolute Gasteiger partial charge is 0.496 e. The summed E-state index contributed by atoms with van der Waals surface area (Å²) in [5.74, 6) is -0.156. The number of ether oxygens (including phenoxy) is 2. The minimum atomic E-state index is -1.12. The Morgan fingerprint density at radius 3 is 2.38 bits per heavy atom. The van der Waals surface area contributed by atoms with Crippen molar-refractivity contribution < 1.29 is 19.4 Å². The van der Waals surface area contributed by atoms with Crippen LogP contribution in [0, 0.1) is 0 Å². The van der Waals surface area contributed by atoms with E-state index in [1.165, 1.54) is 19.4 Å². The molecule has 1 aromatic heterocycles. The number of carboxylic acid groups (broad SMARTS) is 1. The molecule has 0 aliphatic carbocycles. The van der Waals surface area contributed by atoms with Crippen molar-refractivity contribution in [1.82, 2.24) is 9.97 Å². The standard InChI is InChI=1S/C15H18N4O4.ClH/c1-7(2)8-4-10(22-3)9(14(20)21)5-11(8)23-12-6-18-15(17)19-13(12)16;/h4-7H,1-3H3,(H,20,21)(H4,16,17,18,19);1H. The quantitative estimate of drug-likeness (QED) is 0.746. The van der Waals surface area contributed by atoms with Crippen LogP contribution in [0.3, 0.4) is 0 Å². The molecule has 0 radical (unpaired) electrons. The monoisotopic (exact) mass is 354 g/mol. The summed E-state index contributed by atoms with van der Waals surface area (Å²) in [5.41, 5.74) is 12.0. The fourth-order valence-electron chi connectivity index (χ4n) is 2.05. The van der Waals surface area contributed by atoms with Crippen molar-refractivity contribution in [3.05, 3.63) is 29.5 Å². The molecule has 0 saturated carbocycles. The normalized spacial score (nSPS) is 10.2. The molecule has 0 aliphatic rings. The van der Waals surface area contributed by atoms with Gasteiger partial charge in [0.25, 0.3) is 0 Å². The summed E-state index contributed by atoms with van der Waals surface area (Å²) in [6, 6.07) is 3.03. The van der Waals surface area contributed by atoms with Gasteiger partial charge in [-0.2, -0.15) is 4.98 Å². The van der Waals surface area contributed by atoms with Gasteiger partial charge in [0.15, 0.2) is 11.6 Å². The van der Waals surface area contributed by atoms with Crippen molar-refractivity contribution in [2.24, 2.45) is 0 Å². The maximum atomic E-state index is 11.4. The van der Waals surface area contributed by atoms with Crippen LogP contribution in [0.2, 0.25) is 0 Å². The topological polar surface area (TPSA) is 134 Å². The molecule has 24 heavy (non-hydrogen) atoms. The Bertz CT molecular complexity index is 752. The number of methoxy groups -OCH3 is 1. The minimum absolute atomic E-state index is 0. The van der Waals surface area contributed by atoms with E-state index in [-0.39, 0.29) is 47.2 Å². The highest BCUT2D eigenvalue weighted by atomic mass is 35.5. The van der Waals surface area contributed by atoms with Crippen molar-refractivity contribution in [3.8, 4) is 17.2 Å². The molecule has 0 bridgehead atoms. The number of hydrogen-bond acceptors (Lipinski definition) is 7. The van der Waals surface area contributed by atoms with Crippen LogP contribution >= 0.6 is 12.4 Å². The van der Waals surface area contributed by atoms with Gasteiger partial charge in [-0.1, -0.05) is 13.8 Å². The highest BCUT2D eigenvalue weighted by Gasteiger charge is 2.19. The third-order valence-electron chi connectivity index (χ3n) is 3.21. The number of nitrogen functional groups attached to an aromatic ring is 2. The first-order valence-corrected chi connectivity index (χ1v) is 6.84. The van der Waals surface area contributed by atoms with Gasteiger partial charge in [0.2, 0.25) is 5.95 Å². The van der Waals surface area contributed by atoms with Crippen molar-refractivity contribution in [3.63, 3.8) is 0 Å². The van der Waals surface area contributed by atoms with E-state index in [0.29, 0.717) is 5.75 Å². The van der Waals surface area contributed by atoms with E-state index in [1.807, 2.05) is 13.8 Å². The third kappa shape index (κ3) is 3.96. The van der Waals surface area contributed by atoms with Gasteiger partial charge in [0, 0.05) is 5.56 Å². The number of carboxylic acids is 1. The minimum Gasteiger partial charge on any atom is -0.496 e. The summed E-state index contributed by atoms with van der Waals surface area (Å²) in [7, 11) is 1.41. The van der Waals surface area contributed by atoms with Gasteiger partial charge >= 0.3 is 5.97 Å². The summed E-state index contributed by atoms with van der Waals surface area (Å²) in [6.45, 7) is 3.90. The lowest BCUT2D eigenvalue weighted by molar-refractivity contribution is 0.0693. The molecule has 0 amide bonds. The second-order valence-electron chi connectivity index (χ2n) is 5.13. The molecule has 1 heterocycles. The molecular weight excluding hydrogens is 336 g/mol. The van der Waals surface area contributed by atoms with E-state index < -0.39 is 5.97 Å². The fourth-order valence-corrected chi connectivity index (χ4v) is 2.05. The number of aromatic nitrogens is 2. The van der Waals surface area contributed by atoms with Crippen LogP contribution in [0.25, 0.3) is 0 Å². The van der Waals surface area contributed by atoms with E-state index in [1.54, 1.807) is 6.07 Å². The zero-order valence-corrected chi connectivity index (χ0v) is 14.3. The first-order valence-electron chi connectivity index (χ1n) is 6.84. The highest BCUT2D eigenvalue weighted by Crippen LogP contribution is 2.37. The number of nitrogens with zero attached hydrogens (tertiary/aromatic N) is 2. The van der Waals surface area contributed by atoms with Crippen molar-refractivity contribution in [2.75, 3.05) is 18.6 Å². The van der Waals surface area contributed by atoms with E-state index in [9.17, 15) is 9.90 Å². The Labute approximate surface area is 145 Å². The van der Waals surface area contributed by atoms with Crippen molar-refractivity contribution in [2.45, 2.75) is 19.8 Å². The van der Waals surface area contributed by atoms with Gasteiger partial charge in [0.1, 0.15) is 17.1 Å². The van der Waals surface area contributed by atoms with Crippen LogP contribution in [0.15, 0.2) is 18.3 Å². The molecule has 0 spiro atoms. The van der Waals surface area contributed by atoms with Crippen LogP contribution in [0.4, 0.5) is 11.8 Å². The number of nitrogens with two attached hydrogens (primary N) is 2. The van der Waals surface area contributed by atoms with Gasteiger partial charge in [-0.15, -0.1) is 12.4 Å². The van der Waals surface area contributed by atoms with Gasteiger partial charge in [-0.05, 0) is 18.1 Å². The second-order valence-corrected chi connectivity index (χ2v) is 5.13. The van der Waals surface area contributed by atoms with Crippen LogP contribution in [-0.4, -0.2) is 28.2 Å². The summed E-state index contributed by atoms with van der Waals surface area (Å²) in [4.78, 5) is 19.0. The number of halogens is 1. The van der Waals surface area contributed by atoms with Gasteiger partial charge in [-0.3, -0.25) is 0 Å². The van der Waals surface area contributed by atoms with E-state index >= 15 is 0 Å². The summed E-state index contributed by atoms with van der Waals surface area (Å²) in [6.07, 6.45) is 1.34. The second kappa shape index (κ2) is 7.69. The highest BCUT2D eigenvalue weighted by molar-refractivity contribution is 5.91. The van der Waals surface area contributed by atoms with Crippen molar-refractivity contribution in [1.29, 1.82) is 0 Å². The van der Waals surface area contributed by atoms with Crippen LogP contribution in [-0.2, 0) is 0 Å². The van der Waals surface area contributed by atoms with Crippen molar-refractivity contribution >= 4 is 30.1 Å². The van der Waals surface area contributed by atoms with Crippen LogP contribution in [0.5, 0.6) is 17.2 Å².